The summed E-state index contributed by atoms with van der Waals surface area (Å²) >= 11 is 1.72. The van der Waals surface area contributed by atoms with Crippen LogP contribution >= 0.6 is 11.3 Å². The number of aromatic nitrogens is 1. The molecule has 0 aromatic carbocycles. The number of rotatable bonds is 5. The van der Waals surface area contributed by atoms with Gasteiger partial charge in [0.25, 0.3) is 0 Å². The Morgan fingerprint density at radius 1 is 1.41 bits per heavy atom. The van der Waals surface area contributed by atoms with Gasteiger partial charge in [-0.15, -0.1) is 0 Å². The number of hydrogen-bond acceptors (Lipinski definition) is 4. The van der Waals surface area contributed by atoms with Crippen molar-refractivity contribution in [1.29, 1.82) is 0 Å². The van der Waals surface area contributed by atoms with Gasteiger partial charge >= 0.3 is 0 Å². The minimum absolute atomic E-state index is 0.651. The second-order valence-electron chi connectivity index (χ2n) is 3.72. The molecule has 0 aliphatic carbocycles. The first-order valence-corrected chi connectivity index (χ1v) is 6.59. The van der Waals surface area contributed by atoms with E-state index in [4.69, 9.17) is 4.74 Å². The van der Waals surface area contributed by atoms with Crippen LogP contribution in [0.5, 0.6) is 5.75 Å². The first-order chi connectivity index (χ1) is 8.31. The largest absolute Gasteiger partial charge is 0.490 e. The Morgan fingerprint density at radius 3 is 3.00 bits per heavy atom. The van der Waals surface area contributed by atoms with Crippen molar-refractivity contribution in [2.45, 2.75) is 20.4 Å². The van der Waals surface area contributed by atoms with Gasteiger partial charge in [-0.1, -0.05) is 0 Å². The van der Waals surface area contributed by atoms with Crippen molar-refractivity contribution < 1.29 is 4.74 Å². The van der Waals surface area contributed by atoms with Crippen LogP contribution in [0, 0.1) is 6.92 Å². The normalized spacial score (nSPS) is 10.2. The monoisotopic (exact) mass is 248 g/mol. The van der Waals surface area contributed by atoms with Crippen LogP contribution in [0.15, 0.2) is 29.1 Å². The van der Waals surface area contributed by atoms with E-state index in [0.717, 1.165) is 18.1 Å². The highest BCUT2D eigenvalue weighted by Gasteiger charge is 2.04. The van der Waals surface area contributed by atoms with Crippen LogP contribution in [0.3, 0.4) is 0 Å². The number of pyridine rings is 1. The predicted octanol–water partition coefficient (Wildman–Crippen LogP) is 3.46. The van der Waals surface area contributed by atoms with Crippen molar-refractivity contribution in [1.82, 2.24) is 4.98 Å². The van der Waals surface area contributed by atoms with Gasteiger partial charge in [0.1, 0.15) is 0 Å². The molecule has 2 rings (SSSR count). The van der Waals surface area contributed by atoms with E-state index >= 15 is 0 Å². The second kappa shape index (κ2) is 5.68. The molecule has 0 aliphatic heterocycles. The van der Waals surface area contributed by atoms with E-state index in [9.17, 15) is 0 Å². The second-order valence-corrected chi connectivity index (χ2v) is 4.46. The molecule has 0 spiro atoms. The van der Waals surface area contributed by atoms with Crippen molar-refractivity contribution in [3.8, 4) is 5.75 Å². The Kier molecular flexibility index (Phi) is 3.98. The fourth-order valence-electron chi connectivity index (χ4n) is 1.54. The van der Waals surface area contributed by atoms with Gasteiger partial charge in [-0.2, -0.15) is 11.3 Å². The van der Waals surface area contributed by atoms with Gasteiger partial charge in [-0.25, -0.2) is 4.98 Å². The Morgan fingerprint density at radius 2 is 2.29 bits per heavy atom. The van der Waals surface area contributed by atoms with Crippen molar-refractivity contribution in [2.75, 3.05) is 11.9 Å². The highest BCUT2D eigenvalue weighted by molar-refractivity contribution is 7.08. The van der Waals surface area contributed by atoms with Crippen LogP contribution in [-0.4, -0.2) is 11.6 Å². The van der Waals surface area contributed by atoms with Crippen molar-refractivity contribution >= 4 is 17.2 Å². The molecule has 0 atom stereocenters. The van der Waals surface area contributed by atoms with Gasteiger partial charge < -0.3 is 10.1 Å². The molecule has 3 nitrogen and oxygen atoms in total. The maximum Gasteiger partial charge on any atom is 0.169 e. The average molecular weight is 248 g/mol. The lowest BCUT2D eigenvalue weighted by atomic mass is 10.2. The number of hydrogen-bond donors (Lipinski definition) is 1. The Hall–Kier alpha value is -1.55. The zero-order valence-electron chi connectivity index (χ0n) is 10.1. The van der Waals surface area contributed by atoms with Gasteiger partial charge in [0.05, 0.1) is 6.61 Å². The predicted molar refractivity (Wildman–Crippen MR) is 71.8 cm³/mol. The number of anilines is 1. The van der Waals surface area contributed by atoms with Crippen LogP contribution < -0.4 is 10.1 Å². The SMILES string of the molecule is CCOc1cccnc1NCc1cscc1C. The van der Waals surface area contributed by atoms with Gasteiger partial charge in [-0.3, -0.25) is 0 Å². The fourth-order valence-corrected chi connectivity index (χ4v) is 2.40. The van der Waals surface area contributed by atoms with E-state index < -0.39 is 0 Å². The molecule has 0 amide bonds. The highest BCUT2D eigenvalue weighted by Crippen LogP contribution is 2.22. The first kappa shape index (κ1) is 11.9. The number of nitrogens with one attached hydrogen (secondary N) is 1. The van der Waals surface area contributed by atoms with Crippen LogP contribution in [-0.2, 0) is 6.54 Å². The molecule has 17 heavy (non-hydrogen) atoms. The van der Waals surface area contributed by atoms with Crippen LogP contribution in [0.1, 0.15) is 18.1 Å². The molecule has 0 saturated carbocycles. The summed E-state index contributed by atoms with van der Waals surface area (Å²) in [7, 11) is 0. The summed E-state index contributed by atoms with van der Waals surface area (Å²) in [4.78, 5) is 4.29. The molecule has 1 N–H and O–H groups in total. The van der Waals surface area contributed by atoms with E-state index in [1.54, 1.807) is 17.5 Å². The smallest absolute Gasteiger partial charge is 0.169 e. The van der Waals surface area contributed by atoms with Gasteiger partial charge in [0.15, 0.2) is 11.6 Å². The number of ether oxygens (including phenoxy) is 1. The maximum absolute atomic E-state index is 5.51. The average Bonchev–Trinajstić information content (AvgIpc) is 2.74. The van der Waals surface area contributed by atoms with Crippen LogP contribution in [0.25, 0.3) is 0 Å². The highest BCUT2D eigenvalue weighted by atomic mass is 32.1. The van der Waals surface area contributed by atoms with Crippen molar-refractivity contribution in [2.24, 2.45) is 0 Å². The molecule has 0 fully saturated rings. The van der Waals surface area contributed by atoms with Crippen molar-refractivity contribution in [3.63, 3.8) is 0 Å². The molecule has 4 heteroatoms. The lowest BCUT2D eigenvalue weighted by molar-refractivity contribution is 0.340. The molecular weight excluding hydrogens is 232 g/mol. The third kappa shape index (κ3) is 2.97. The summed E-state index contributed by atoms with van der Waals surface area (Å²) in [5.74, 6) is 1.61. The van der Waals surface area contributed by atoms with Gasteiger partial charge in [0.2, 0.25) is 0 Å². The minimum atomic E-state index is 0.651. The molecule has 90 valence electrons. The fraction of sp³-hybridized carbons (Fsp3) is 0.308. The molecule has 0 aliphatic rings. The quantitative estimate of drug-likeness (QED) is 0.879. The van der Waals surface area contributed by atoms with E-state index in [0.29, 0.717) is 6.61 Å². The molecule has 2 heterocycles. The van der Waals surface area contributed by atoms with E-state index in [-0.39, 0.29) is 0 Å². The Balaban J connectivity index is 2.06. The minimum Gasteiger partial charge on any atom is -0.490 e. The number of nitrogens with zero attached hydrogens (tertiary/aromatic N) is 1. The third-order valence-electron chi connectivity index (χ3n) is 2.48. The standard InChI is InChI=1S/C13H16N2OS/c1-3-16-12-5-4-6-14-13(12)15-7-11-9-17-8-10(11)2/h4-6,8-9H,3,7H2,1-2H3,(H,14,15). The van der Waals surface area contributed by atoms with Crippen LogP contribution in [0.2, 0.25) is 0 Å². The molecule has 0 unspecified atom stereocenters. The maximum atomic E-state index is 5.51. The van der Waals surface area contributed by atoms with E-state index in [2.05, 4.69) is 28.0 Å². The summed E-state index contributed by atoms with van der Waals surface area (Å²) in [5, 5.41) is 7.62. The van der Waals surface area contributed by atoms with Crippen LogP contribution in [0.4, 0.5) is 5.82 Å². The molecule has 0 bridgehead atoms. The number of aryl methyl sites for hydroxylation is 1. The molecule has 0 saturated heterocycles. The van der Waals surface area contributed by atoms with Gasteiger partial charge in [-0.05, 0) is 47.9 Å². The lowest BCUT2D eigenvalue weighted by Crippen LogP contribution is -2.04. The lowest BCUT2D eigenvalue weighted by Gasteiger charge is -2.10. The summed E-state index contributed by atoms with van der Waals surface area (Å²) in [6, 6.07) is 3.81. The summed E-state index contributed by atoms with van der Waals surface area (Å²) in [6.45, 7) is 5.53. The Labute approximate surface area is 105 Å². The molecule has 0 radical (unpaired) electrons. The molecule has 2 aromatic heterocycles. The summed E-state index contributed by atoms with van der Waals surface area (Å²) < 4.78 is 5.51. The summed E-state index contributed by atoms with van der Waals surface area (Å²) in [5.41, 5.74) is 2.62. The number of thiophene rings is 1. The molecular formula is C13H16N2OS. The molecule has 2 aromatic rings. The zero-order chi connectivity index (χ0) is 12.1. The third-order valence-corrected chi connectivity index (χ3v) is 3.39. The first-order valence-electron chi connectivity index (χ1n) is 5.64. The van der Waals surface area contributed by atoms with Gasteiger partial charge in [0, 0.05) is 12.7 Å². The summed E-state index contributed by atoms with van der Waals surface area (Å²) in [6.07, 6.45) is 1.77. The Bertz CT molecular complexity index is 482. The van der Waals surface area contributed by atoms with E-state index in [1.807, 2.05) is 19.1 Å². The van der Waals surface area contributed by atoms with Crippen molar-refractivity contribution in [3.05, 3.63) is 40.2 Å². The zero-order valence-corrected chi connectivity index (χ0v) is 10.9. The van der Waals surface area contributed by atoms with E-state index in [1.165, 1.54) is 11.1 Å². The topological polar surface area (TPSA) is 34.1 Å².